The molecule has 1 rings (SSSR count). The van der Waals surface area contributed by atoms with Crippen molar-refractivity contribution >= 4 is 17.3 Å². The SMILES string of the molecule is CCOCCN(C)c1ccc(C(N)=O)cc1N. The second-order valence-corrected chi connectivity index (χ2v) is 3.76. The average molecular weight is 237 g/mol. The zero-order valence-corrected chi connectivity index (χ0v) is 10.3. The van der Waals surface area contributed by atoms with E-state index in [2.05, 4.69) is 0 Å². The van der Waals surface area contributed by atoms with E-state index in [0.717, 1.165) is 12.2 Å². The number of hydrogen-bond acceptors (Lipinski definition) is 4. The van der Waals surface area contributed by atoms with Crippen molar-refractivity contribution in [2.24, 2.45) is 5.73 Å². The van der Waals surface area contributed by atoms with E-state index in [1.54, 1.807) is 18.2 Å². The van der Waals surface area contributed by atoms with Crippen molar-refractivity contribution in [2.45, 2.75) is 6.92 Å². The topological polar surface area (TPSA) is 81.6 Å². The molecule has 0 heterocycles. The molecule has 0 unspecified atom stereocenters. The standard InChI is InChI=1S/C12H19N3O2/c1-3-17-7-6-15(2)11-5-4-9(12(14)16)8-10(11)13/h4-5,8H,3,6-7,13H2,1-2H3,(H2,14,16). The van der Waals surface area contributed by atoms with E-state index in [1.165, 1.54) is 0 Å². The summed E-state index contributed by atoms with van der Waals surface area (Å²) in [6.45, 7) is 4.04. The van der Waals surface area contributed by atoms with Crippen molar-refractivity contribution in [3.8, 4) is 0 Å². The van der Waals surface area contributed by atoms with Gasteiger partial charge in [0.25, 0.3) is 0 Å². The summed E-state index contributed by atoms with van der Waals surface area (Å²) >= 11 is 0. The highest BCUT2D eigenvalue weighted by molar-refractivity contribution is 5.94. The molecule has 0 aromatic heterocycles. The van der Waals surface area contributed by atoms with E-state index in [-0.39, 0.29) is 0 Å². The van der Waals surface area contributed by atoms with Crippen LogP contribution >= 0.6 is 0 Å². The number of anilines is 2. The van der Waals surface area contributed by atoms with E-state index in [4.69, 9.17) is 16.2 Å². The molecule has 0 saturated carbocycles. The molecule has 0 fully saturated rings. The summed E-state index contributed by atoms with van der Waals surface area (Å²) in [5, 5.41) is 0. The fraction of sp³-hybridized carbons (Fsp3) is 0.417. The summed E-state index contributed by atoms with van der Waals surface area (Å²) in [5.74, 6) is -0.472. The molecule has 4 N–H and O–H groups in total. The number of hydrogen-bond donors (Lipinski definition) is 2. The molecule has 5 heteroatoms. The van der Waals surface area contributed by atoms with Gasteiger partial charge in [0.05, 0.1) is 18.0 Å². The highest BCUT2D eigenvalue weighted by Crippen LogP contribution is 2.22. The lowest BCUT2D eigenvalue weighted by Gasteiger charge is -2.21. The first-order chi connectivity index (χ1) is 8.06. The molecule has 0 atom stereocenters. The van der Waals surface area contributed by atoms with Gasteiger partial charge in [-0.3, -0.25) is 4.79 Å². The predicted octanol–water partition coefficient (Wildman–Crippen LogP) is 0.840. The molecule has 0 aliphatic heterocycles. The van der Waals surface area contributed by atoms with Crippen LogP contribution in [0.4, 0.5) is 11.4 Å². The monoisotopic (exact) mass is 237 g/mol. The van der Waals surface area contributed by atoms with Gasteiger partial charge in [0.15, 0.2) is 0 Å². The molecule has 17 heavy (non-hydrogen) atoms. The molecule has 5 nitrogen and oxygen atoms in total. The van der Waals surface area contributed by atoms with Gasteiger partial charge < -0.3 is 21.1 Å². The summed E-state index contributed by atoms with van der Waals surface area (Å²) in [5.41, 5.74) is 12.9. The lowest BCUT2D eigenvalue weighted by molar-refractivity contribution is 0.100. The van der Waals surface area contributed by atoms with Gasteiger partial charge in [-0.05, 0) is 25.1 Å². The van der Waals surface area contributed by atoms with Gasteiger partial charge in [0.2, 0.25) is 5.91 Å². The number of carbonyl (C=O) groups is 1. The molecule has 0 radical (unpaired) electrons. The Bertz CT molecular complexity index is 393. The smallest absolute Gasteiger partial charge is 0.248 e. The first kappa shape index (κ1) is 13.3. The normalized spacial score (nSPS) is 10.2. The van der Waals surface area contributed by atoms with Gasteiger partial charge in [-0.1, -0.05) is 0 Å². The molecule has 1 aromatic rings. The first-order valence-corrected chi connectivity index (χ1v) is 5.54. The number of nitrogen functional groups attached to an aromatic ring is 1. The molecule has 1 aromatic carbocycles. The molecule has 94 valence electrons. The molecule has 0 bridgehead atoms. The lowest BCUT2D eigenvalue weighted by Crippen LogP contribution is -2.23. The second kappa shape index (κ2) is 6.10. The molecule has 0 aliphatic carbocycles. The Morgan fingerprint density at radius 2 is 2.18 bits per heavy atom. The van der Waals surface area contributed by atoms with Crippen LogP contribution in [-0.4, -0.2) is 32.7 Å². The Balaban J connectivity index is 2.74. The number of ether oxygens (including phenoxy) is 1. The van der Waals surface area contributed by atoms with Gasteiger partial charge in [-0.25, -0.2) is 0 Å². The zero-order chi connectivity index (χ0) is 12.8. The third-order valence-corrected chi connectivity index (χ3v) is 2.50. The number of likely N-dealkylation sites (N-methyl/N-ethyl adjacent to an activating group) is 1. The van der Waals surface area contributed by atoms with Gasteiger partial charge in [0.1, 0.15) is 0 Å². The minimum Gasteiger partial charge on any atom is -0.397 e. The quantitative estimate of drug-likeness (QED) is 0.567. The number of nitrogens with two attached hydrogens (primary N) is 2. The Labute approximate surface area is 101 Å². The van der Waals surface area contributed by atoms with Crippen LogP contribution in [-0.2, 0) is 4.74 Å². The number of carbonyl (C=O) groups excluding carboxylic acids is 1. The maximum atomic E-state index is 11.0. The Morgan fingerprint density at radius 1 is 1.47 bits per heavy atom. The van der Waals surface area contributed by atoms with E-state index < -0.39 is 5.91 Å². The molecule has 0 spiro atoms. The largest absolute Gasteiger partial charge is 0.397 e. The summed E-state index contributed by atoms with van der Waals surface area (Å²) < 4.78 is 5.27. The fourth-order valence-corrected chi connectivity index (χ4v) is 1.52. The van der Waals surface area contributed by atoms with Crippen molar-refractivity contribution in [1.82, 2.24) is 0 Å². The van der Waals surface area contributed by atoms with Crippen LogP contribution in [0.5, 0.6) is 0 Å². The maximum absolute atomic E-state index is 11.0. The van der Waals surface area contributed by atoms with E-state index in [1.807, 2.05) is 18.9 Å². The van der Waals surface area contributed by atoms with Crippen LogP contribution in [0.25, 0.3) is 0 Å². The number of primary amides is 1. The number of nitrogens with zero attached hydrogens (tertiary/aromatic N) is 1. The molecule has 0 saturated heterocycles. The van der Waals surface area contributed by atoms with Gasteiger partial charge in [-0.15, -0.1) is 0 Å². The summed E-state index contributed by atoms with van der Waals surface area (Å²) in [7, 11) is 1.93. The number of benzene rings is 1. The fourth-order valence-electron chi connectivity index (χ4n) is 1.52. The van der Waals surface area contributed by atoms with Crippen LogP contribution in [0.1, 0.15) is 17.3 Å². The molecule has 0 aliphatic rings. The minimum atomic E-state index is -0.472. The maximum Gasteiger partial charge on any atom is 0.248 e. The van der Waals surface area contributed by atoms with Crippen molar-refractivity contribution in [3.05, 3.63) is 23.8 Å². The minimum absolute atomic E-state index is 0.421. The summed E-state index contributed by atoms with van der Waals surface area (Å²) in [6.07, 6.45) is 0. The van der Waals surface area contributed by atoms with Crippen molar-refractivity contribution in [2.75, 3.05) is 37.4 Å². The molecular weight excluding hydrogens is 218 g/mol. The Morgan fingerprint density at radius 3 is 2.71 bits per heavy atom. The van der Waals surface area contributed by atoms with Gasteiger partial charge >= 0.3 is 0 Å². The van der Waals surface area contributed by atoms with Crippen molar-refractivity contribution in [3.63, 3.8) is 0 Å². The van der Waals surface area contributed by atoms with Crippen LogP contribution in [0.15, 0.2) is 18.2 Å². The van der Waals surface area contributed by atoms with Gasteiger partial charge in [-0.2, -0.15) is 0 Å². The van der Waals surface area contributed by atoms with E-state index in [9.17, 15) is 4.79 Å². The van der Waals surface area contributed by atoms with Crippen LogP contribution in [0.2, 0.25) is 0 Å². The number of rotatable bonds is 6. The lowest BCUT2D eigenvalue weighted by atomic mass is 10.1. The Kier molecular flexibility index (Phi) is 4.78. The highest BCUT2D eigenvalue weighted by atomic mass is 16.5. The Hall–Kier alpha value is -1.75. The van der Waals surface area contributed by atoms with Crippen LogP contribution in [0, 0.1) is 0 Å². The number of amides is 1. The second-order valence-electron chi connectivity index (χ2n) is 3.76. The van der Waals surface area contributed by atoms with Gasteiger partial charge in [0, 0.05) is 25.8 Å². The van der Waals surface area contributed by atoms with E-state index >= 15 is 0 Å². The summed E-state index contributed by atoms with van der Waals surface area (Å²) in [6, 6.07) is 5.06. The van der Waals surface area contributed by atoms with Crippen LogP contribution in [0.3, 0.4) is 0 Å². The third kappa shape index (κ3) is 3.64. The third-order valence-electron chi connectivity index (χ3n) is 2.50. The molecule has 1 amide bonds. The summed E-state index contributed by atoms with van der Waals surface area (Å²) in [4.78, 5) is 13.0. The van der Waals surface area contributed by atoms with Crippen molar-refractivity contribution in [1.29, 1.82) is 0 Å². The average Bonchev–Trinajstić information content (AvgIpc) is 2.28. The molecular formula is C12H19N3O2. The first-order valence-electron chi connectivity index (χ1n) is 5.54. The van der Waals surface area contributed by atoms with Crippen molar-refractivity contribution < 1.29 is 9.53 Å². The zero-order valence-electron chi connectivity index (χ0n) is 10.3. The highest BCUT2D eigenvalue weighted by Gasteiger charge is 2.08. The predicted molar refractivity (Wildman–Crippen MR) is 69.1 cm³/mol. The van der Waals surface area contributed by atoms with Crippen LogP contribution < -0.4 is 16.4 Å². The van der Waals surface area contributed by atoms with E-state index in [0.29, 0.717) is 24.5 Å².